The number of aliphatic imine (C=N–C) groups is 1. The number of halogens is 1. The lowest BCUT2D eigenvalue weighted by Gasteiger charge is -2.11. The Hall–Kier alpha value is -1.96. The Labute approximate surface area is 171 Å². The Morgan fingerprint density at radius 2 is 1.92 bits per heavy atom. The third-order valence-electron chi connectivity index (χ3n) is 5.33. The van der Waals surface area contributed by atoms with Gasteiger partial charge in [0.1, 0.15) is 0 Å². The summed E-state index contributed by atoms with van der Waals surface area (Å²) in [6.07, 6.45) is 1.18. The van der Waals surface area contributed by atoms with Crippen LogP contribution < -0.4 is 20.5 Å². The summed E-state index contributed by atoms with van der Waals surface area (Å²) in [4.78, 5) is 4.55. The molecule has 0 heterocycles. The number of anilines is 1. The van der Waals surface area contributed by atoms with Crippen LogP contribution in [0.2, 0.25) is 0 Å². The minimum Gasteiger partial charge on any atom is -0.493 e. The zero-order valence-electron chi connectivity index (χ0n) is 14.9. The highest BCUT2D eigenvalue weighted by molar-refractivity contribution is 14.0. The number of hydrogen-bond acceptors (Lipinski definition) is 3. The first-order chi connectivity index (χ1) is 12.2. The summed E-state index contributed by atoms with van der Waals surface area (Å²) in [7, 11) is 3.23. The normalized spacial score (nSPS) is 22.7. The number of benzene rings is 2. The molecule has 4 rings (SSSR count). The second-order valence-corrected chi connectivity index (χ2v) is 6.68. The number of methoxy groups -OCH3 is 2. The summed E-state index contributed by atoms with van der Waals surface area (Å²) >= 11 is 0. The van der Waals surface area contributed by atoms with Gasteiger partial charge < -0.3 is 20.5 Å². The quantitative estimate of drug-likeness (QED) is 0.402. The van der Waals surface area contributed by atoms with E-state index in [1.165, 1.54) is 17.5 Å². The van der Waals surface area contributed by atoms with E-state index >= 15 is 0 Å². The van der Waals surface area contributed by atoms with Gasteiger partial charge in [-0.05, 0) is 47.4 Å². The molecule has 0 spiro atoms. The first-order valence-corrected chi connectivity index (χ1v) is 8.58. The fraction of sp³-hybridized carbons (Fsp3) is 0.350. The number of rotatable bonds is 5. The van der Waals surface area contributed by atoms with Gasteiger partial charge in [0.05, 0.1) is 14.2 Å². The highest BCUT2D eigenvalue weighted by Crippen LogP contribution is 2.61. The first kappa shape index (κ1) is 18.8. The molecule has 2 aromatic carbocycles. The second kappa shape index (κ2) is 7.73. The van der Waals surface area contributed by atoms with Crippen LogP contribution in [0.25, 0.3) is 0 Å². The summed E-state index contributed by atoms with van der Waals surface area (Å²) in [6, 6.07) is 14.4. The molecule has 5 nitrogen and oxygen atoms in total. The van der Waals surface area contributed by atoms with Gasteiger partial charge in [-0.25, -0.2) is 0 Å². The predicted octanol–water partition coefficient (Wildman–Crippen LogP) is 3.63. The highest BCUT2D eigenvalue weighted by Gasteiger charge is 2.54. The van der Waals surface area contributed by atoms with Gasteiger partial charge >= 0.3 is 0 Å². The molecule has 1 fully saturated rings. The van der Waals surface area contributed by atoms with Crippen LogP contribution in [0.5, 0.6) is 11.5 Å². The van der Waals surface area contributed by atoms with Gasteiger partial charge in [-0.3, -0.25) is 4.99 Å². The maximum absolute atomic E-state index is 6.06. The van der Waals surface area contributed by atoms with E-state index in [2.05, 4.69) is 34.6 Å². The topological polar surface area (TPSA) is 68.9 Å². The average Bonchev–Trinajstić information content (AvgIpc) is 3.18. The maximum atomic E-state index is 6.06. The average molecular weight is 465 g/mol. The van der Waals surface area contributed by atoms with Crippen molar-refractivity contribution >= 4 is 35.6 Å². The van der Waals surface area contributed by atoms with Crippen LogP contribution >= 0.6 is 24.0 Å². The summed E-state index contributed by atoms with van der Waals surface area (Å²) in [5.74, 6) is 3.83. The van der Waals surface area contributed by atoms with Gasteiger partial charge in [-0.15, -0.1) is 24.0 Å². The van der Waals surface area contributed by atoms with Crippen LogP contribution in [-0.4, -0.2) is 26.7 Å². The van der Waals surface area contributed by atoms with Crippen molar-refractivity contribution in [2.75, 3.05) is 26.1 Å². The molecule has 0 aliphatic heterocycles. The number of nitrogens with two attached hydrogens (primary N) is 1. The van der Waals surface area contributed by atoms with Crippen molar-refractivity contribution in [3.05, 3.63) is 53.6 Å². The Balaban J connectivity index is 0.00000196. The minimum absolute atomic E-state index is 0. The minimum atomic E-state index is 0. The van der Waals surface area contributed by atoms with Crippen LogP contribution in [0.4, 0.5) is 5.69 Å². The molecule has 138 valence electrons. The number of guanidine groups is 1. The predicted molar refractivity (Wildman–Crippen MR) is 115 cm³/mol. The van der Waals surface area contributed by atoms with Crippen molar-refractivity contribution in [2.45, 2.75) is 12.3 Å². The van der Waals surface area contributed by atoms with Crippen LogP contribution in [-0.2, 0) is 6.42 Å². The van der Waals surface area contributed by atoms with Crippen LogP contribution in [0.1, 0.15) is 17.0 Å². The van der Waals surface area contributed by atoms with E-state index in [0.717, 1.165) is 18.2 Å². The van der Waals surface area contributed by atoms with Crippen LogP contribution in [0.3, 0.4) is 0 Å². The van der Waals surface area contributed by atoms with E-state index in [-0.39, 0.29) is 24.0 Å². The van der Waals surface area contributed by atoms with Crippen molar-refractivity contribution in [3.63, 3.8) is 0 Å². The number of hydrogen-bond donors (Lipinski definition) is 2. The fourth-order valence-electron chi connectivity index (χ4n) is 4.04. The molecule has 1 saturated carbocycles. The van der Waals surface area contributed by atoms with Gasteiger partial charge in [-0.1, -0.05) is 24.3 Å². The summed E-state index contributed by atoms with van der Waals surface area (Å²) in [5.41, 5.74) is 9.91. The second-order valence-electron chi connectivity index (χ2n) is 6.68. The monoisotopic (exact) mass is 465 g/mol. The Kier molecular flexibility index (Phi) is 5.60. The lowest BCUT2D eigenvalue weighted by molar-refractivity contribution is 0.355. The molecular weight excluding hydrogens is 441 g/mol. The first-order valence-electron chi connectivity index (χ1n) is 8.58. The van der Waals surface area contributed by atoms with E-state index in [1.54, 1.807) is 14.2 Å². The van der Waals surface area contributed by atoms with Crippen LogP contribution in [0, 0.1) is 11.8 Å². The molecular formula is C20H24IN3O2. The van der Waals surface area contributed by atoms with E-state index in [0.29, 0.717) is 29.3 Å². The van der Waals surface area contributed by atoms with Crippen molar-refractivity contribution < 1.29 is 9.47 Å². The van der Waals surface area contributed by atoms with Gasteiger partial charge in [0.25, 0.3) is 0 Å². The molecule has 3 N–H and O–H groups in total. The van der Waals surface area contributed by atoms with Crippen molar-refractivity contribution in [2.24, 2.45) is 22.6 Å². The van der Waals surface area contributed by atoms with Crippen molar-refractivity contribution in [1.82, 2.24) is 0 Å². The summed E-state index contributed by atoms with van der Waals surface area (Å²) in [6.45, 7) is 0.774. The van der Waals surface area contributed by atoms with E-state index in [1.807, 2.05) is 18.2 Å². The molecule has 3 unspecified atom stereocenters. The lowest BCUT2D eigenvalue weighted by atomic mass is 10.0. The summed E-state index contributed by atoms with van der Waals surface area (Å²) < 4.78 is 10.5. The SMILES string of the molecule is COc1ccc(NC(N)=NCC2C3Cc4ccccc4C23)cc1OC.I. The standard InChI is InChI=1S/C20H23N3O2.HI/c1-24-17-8-7-13(10-18(17)25-2)23-20(21)22-11-16-15-9-12-5-3-4-6-14(12)19(15)16;/h3-8,10,15-16,19H,9,11H2,1-2H3,(H3,21,22,23);1H. The molecule has 3 atom stereocenters. The molecule has 0 bridgehead atoms. The Bertz CT molecular complexity index is 824. The number of ether oxygens (including phenoxy) is 2. The lowest BCUT2D eigenvalue weighted by Crippen LogP contribution is -2.23. The van der Waals surface area contributed by atoms with E-state index in [9.17, 15) is 0 Å². The Morgan fingerprint density at radius 3 is 2.69 bits per heavy atom. The molecule has 2 aromatic rings. The van der Waals surface area contributed by atoms with E-state index < -0.39 is 0 Å². The third-order valence-corrected chi connectivity index (χ3v) is 5.33. The van der Waals surface area contributed by atoms with Gasteiger partial charge in [-0.2, -0.15) is 0 Å². The van der Waals surface area contributed by atoms with Crippen molar-refractivity contribution in [1.29, 1.82) is 0 Å². The number of nitrogens with one attached hydrogen (secondary N) is 1. The molecule has 26 heavy (non-hydrogen) atoms. The molecule has 0 aromatic heterocycles. The van der Waals surface area contributed by atoms with Crippen LogP contribution in [0.15, 0.2) is 47.5 Å². The molecule has 2 aliphatic rings. The highest BCUT2D eigenvalue weighted by atomic mass is 127. The molecule has 0 amide bonds. The third kappa shape index (κ3) is 3.47. The van der Waals surface area contributed by atoms with E-state index in [4.69, 9.17) is 15.2 Å². The smallest absolute Gasteiger partial charge is 0.193 e. The number of nitrogens with zero attached hydrogens (tertiary/aromatic N) is 1. The Morgan fingerprint density at radius 1 is 1.15 bits per heavy atom. The largest absolute Gasteiger partial charge is 0.493 e. The van der Waals surface area contributed by atoms with Crippen molar-refractivity contribution in [3.8, 4) is 11.5 Å². The number of fused-ring (bicyclic) bond motifs is 3. The molecule has 0 saturated heterocycles. The van der Waals surface area contributed by atoms with Gasteiger partial charge in [0.15, 0.2) is 17.5 Å². The van der Waals surface area contributed by atoms with Gasteiger partial charge in [0.2, 0.25) is 0 Å². The molecule has 0 radical (unpaired) electrons. The zero-order chi connectivity index (χ0) is 17.4. The maximum Gasteiger partial charge on any atom is 0.193 e. The summed E-state index contributed by atoms with van der Waals surface area (Å²) in [5, 5.41) is 3.13. The zero-order valence-corrected chi connectivity index (χ0v) is 17.3. The molecule has 2 aliphatic carbocycles. The fourth-order valence-corrected chi connectivity index (χ4v) is 4.04. The molecule has 6 heteroatoms. The van der Waals surface area contributed by atoms with Gasteiger partial charge in [0, 0.05) is 18.3 Å².